The Morgan fingerprint density at radius 2 is 1.39 bits per heavy atom. The van der Waals surface area contributed by atoms with E-state index in [4.69, 9.17) is 0 Å². The highest BCUT2D eigenvalue weighted by molar-refractivity contribution is 7.82. The van der Waals surface area contributed by atoms with Crippen LogP contribution in [-0.4, -0.2) is 5.66 Å². The van der Waals surface area contributed by atoms with Crippen molar-refractivity contribution >= 4 is 87.5 Å². The molecule has 0 bridgehead atoms. The molecule has 0 spiro atoms. The molecule has 3 aliphatic rings. The maximum atomic E-state index is 17.0. The second kappa shape index (κ2) is 15.4. The quantitative estimate of drug-likeness (QED) is 0.119. The van der Waals surface area contributed by atoms with Gasteiger partial charge in [0.25, 0.3) is 0 Å². The smallest absolute Gasteiger partial charge is 0.147 e. The molecule has 1 fully saturated rings. The zero-order valence-corrected chi connectivity index (χ0v) is 38.9. The van der Waals surface area contributed by atoms with Crippen molar-refractivity contribution in [2.45, 2.75) is 131 Å². The molecule has 2 aliphatic carbocycles. The van der Waals surface area contributed by atoms with Gasteiger partial charge in [-0.1, -0.05) is 111 Å². The summed E-state index contributed by atoms with van der Waals surface area (Å²) in [7, 11) is -3.06. The first-order valence-electron chi connectivity index (χ1n) is 23.1. The van der Waals surface area contributed by atoms with Crippen molar-refractivity contribution in [1.82, 2.24) is 0 Å². The summed E-state index contributed by atoms with van der Waals surface area (Å²) in [6, 6.07) is 23.1. The van der Waals surface area contributed by atoms with Crippen LogP contribution in [0.5, 0.6) is 0 Å². The van der Waals surface area contributed by atoms with Crippen LogP contribution in [0, 0.1) is 17.8 Å². The van der Waals surface area contributed by atoms with Crippen LogP contribution in [0.4, 0.5) is 0 Å². The van der Waals surface area contributed by atoms with Crippen LogP contribution in [-0.2, 0) is 36.7 Å². The average Bonchev–Trinajstić information content (AvgIpc) is 4.02. The van der Waals surface area contributed by atoms with E-state index >= 15 is 4.57 Å². The molecular formula is C55H61OPS2. The number of aryl methyl sites for hydroxylation is 2. The highest BCUT2D eigenvalue weighted by Crippen LogP contribution is 2.70. The van der Waals surface area contributed by atoms with E-state index in [0.29, 0.717) is 17.8 Å². The predicted octanol–water partition coefficient (Wildman–Crippen LogP) is 16.8. The van der Waals surface area contributed by atoms with Crippen LogP contribution in [0.25, 0.3) is 63.5 Å². The predicted molar refractivity (Wildman–Crippen MR) is 263 cm³/mol. The van der Waals surface area contributed by atoms with Crippen molar-refractivity contribution in [2.75, 3.05) is 0 Å². The number of benzene rings is 5. The summed E-state index contributed by atoms with van der Waals surface area (Å²) < 4.78 is 21.3. The minimum Gasteiger partial charge on any atom is -0.313 e. The second-order valence-electron chi connectivity index (χ2n) is 18.8. The highest BCUT2D eigenvalue weighted by atomic mass is 32.1. The SMILES string of the molecule is CCCc1c2c(c3cc4c(cc3c1CCC)C=C(c1ccccc1)[P@@]4(=O)[C@@H]1C[C@H](C)CC[C@H]1C(C)C)-c1c(c(CCC)c(CCC)c3sc4ccc5sccc5c4c13)C2. The summed E-state index contributed by atoms with van der Waals surface area (Å²) in [6.07, 6.45) is 15.8. The molecule has 1 saturated carbocycles. The molecule has 0 saturated heterocycles. The lowest BCUT2D eigenvalue weighted by Crippen LogP contribution is -2.34. The molecule has 3 heterocycles. The third-order valence-electron chi connectivity index (χ3n) is 14.8. The Hall–Kier alpha value is -3.49. The lowest BCUT2D eigenvalue weighted by Gasteiger charge is -2.42. The van der Waals surface area contributed by atoms with Gasteiger partial charge in [0.05, 0.1) is 0 Å². The second-order valence-corrected chi connectivity index (χ2v) is 23.7. The van der Waals surface area contributed by atoms with E-state index in [-0.39, 0.29) is 5.66 Å². The van der Waals surface area contributed by atoms with Gasteiger partial charge in [0.1, 0.15) is 7.14 Å². The van der Waals surface area contributed by atoms with E-state index in [9.17, 15) is 0 Å². The maximum Gasteiger partial charge on any atom is 0.147 e. The van der Waals surface area contributed by atoms with Gasteiger partial charge in [-0.2, -0.15) is 0 Å². The van der Waals surface area contributed by atoms with Crippen molar-refractivity contribution in [3.8, 4) is 11.1 Å². The molecule has 304 valence electrons. The van der Waals surface area contributed by atoms with Gasteiger partial charge in [0, 0.05) is 46.5 Å². The molecule has 4 heteroatoms. The van der Waals surface area contributed by atoms with E-state index in [0.717, 1.165) is 80.4 Å². The van der Waals surface area contributed by atoms with Crippen LogP contribution in [0.3, 0.4) is 0 Å². The zero-order chi connectivity index (χ0) is 40.7. The van der Waals surface area contributed by atoms with Crippen molar-refractivity contribution in [3.63, 3.8) is 0 Å². The third-order valence-corrected chi connectivity index (χ3v) is 20.6. The lowest BCUT2D eigenvalue weighted by atomic mass is 9.77. The number of hydrogen-bond acceptors (Lipinski definition) is 3. The maximum absolute atomic E-state index is 17.0. The number of rotatable bonds is 11. The van der Waals surface area contributed by atoms with Crippen molar-refractivity contribution < 1.29 is 4.57 Å². The molecule has 0 radical (unpaired) electrons. The van der Waals surface area contributed by atoms with Gasteiger partial charge in [-0.3, -0.25) is 0 Å². The van der Waals surface area contributed by atoms with Crippen LogP contribution >= 0.6 is 29.8 Å². The normalized spacial score (nSPS) is 21.3. The summed E-state index contributed by atoms with van der Waals surface area (Å²) >= 11 is 3.92. The van der Waals surface area contributed by atoms with E-state index < -0.39 is 7.14 Å². The molecule has 5 aromatic carbocycles. The average molecular weight is 833 g/mol. The first-order chi connectivity index (χ1) is 28.7. The molecule has 0 unspecified atom stereocenters. The summed E-state index contributed by atoms with van der Waals surface area (Å²) in [6.45, 7) is 16.7. The number of hydrogen-bond donors (Lipinski definition) is 0. The Labute approximate surface area is 360 Å². The number of fused-ring (bicyclic) bond motifs is 12. The first kappa shape index (κ1) is 39.6. The third kappa shape index (κ3) is 5.98. The Morgan fingerprint density at radius 1 is 0.712 bits per heavy atom. The molecule has 7 aromatic rings. The van der Waals surface area contributed by atoms with Gasteiger partial charge < -0.3 is 4.57 Å². The minimum atomic E-state index is -3.06. The van der Waals surface area contributed by atoms with Crippen LogP contribution < -0.4 is 5.30 Å². The summed E-state index contributed by atoms with van der Waals surface area (Å²) in [5, 5.41) is 11.7. The molecule has 1 nitrogen and oxygen atoms in total. The fourth-order valence-corrected chi connectivity index (χ4v) is 18.8. The monoisotopic (exact) mass is 832 g/mol. The molecule has 0 N–H and O–H groups in total. The van der Waals surface area contributed by atoms with E-state index in [2.05, 4.69) is 121 Å². The van der Waals surface area contributed by atoms with Gasteiger partial charge >= 0.3 is 0 Å². The first-order valence-corrected chi connectivity index (χ1v) is 26.6. The topological polar surface area (TPSA) is 17.1 Å². The largest absolute Gasteiger partial charge is 0.313 e. The molecule has 10 rings (SSSR count). The molecule has 2 aromatic heterocycles. The van der Waals surface area contributed by atoms with Gasteiger partial charge in [-0.25, -0.2) is 0 Å². The fourth-order valence-electron chi connectivity index (χ4n) is 12.3. The van der Waals surface area contributed by atoms with Crippen LogP contribution in [0.2, 0.25) is 0 Å². The highest BCUT2D eigenvalue weighted by Gasteiger charge is 2.49. The molecular weight excluding hydrogens is 772 g/mol. The Kier molecular flexibility index (Phi) is 10.4. The Morgan fingerprint density at radius 3 is 2.12 bits per heavy atom. The van der Waals surface area contributed by atoms with Crippen molar-refractivity contribution in [3.05, 3.63) is 111 Å². The van der Waals surface area contributed by atoms with Crippen LogP contribution in [0.15, 0.2) is 66.0 Å². The number of thiophene rings is 2. The van der Waals surface area contributed by atoms with E-state index in [1.807, 2.05) is 22.7 Å². The Bertz CT molecular complexity index is 2870. The van der Waals surface area contributed by atoms with Gasteiger partial charge in [-0.15, -0.1) is 22.7 Å². The van der Waals surface area contributed by atoms with E-state index in [1.54, 1.807) is 33.4 Å². The summed E-state index contributed by atoms with van der Waals surface area (Å²) in [5.41, 5.74) is 15.1. The van der Waals surface area contributed by atoms with Crippen LogP contribution in [0.1, 0.15) is 138 Å². The lowest BCUT2D eigenvalue weighted by molar-refractivity contribution is 0.238. The summed E-state index contributed by atoms with van der Waals surface area (Å²) in [5.74, 6) is 1.51. The molecule has 4 atom stereocenters. The fraction of sp³-hybridized carbons (Fsp3) is 0.418. The molecule has 1 aliphatic heterocycles. The van der Waals surface area contributed by atoms with E-state index in [1.165, 1.54) is 70.6 Å². The molecule has 0 amide bonds. The van der Waals surface area contributed by atoms with Gasteiger partial charge in [-0.05, 0) is 171 Å². The standard InChI is InChI=1S/C55H61OPS2/c1-8-15-37-38(16-9-2)43-30-44-39(17-10-3)40(18-11-4)55-54(52-41-25-26-58-49(41)23-24-50(52)59-55)53(44)51(43)45-31-47-35(28-42(37)45)29-46(34-19-13-12-14-20-34)57(47,56)48-27-33(7)21-22-36(48)32(5)6/h12-14,19-20,23-26,28-29,31-33,36,48H,8-11,15-18,21-22,27,30H2,1-7H3/t33-,36+,48-,57+/m1/s1. The summed E-state index contributed by atoms with van der Waals surface area (Å²) in [4.78, 5) is 0. The zero-order valence-electron chi connectivity index (χ0n) is 36.4. The van der Waals surface area contributed by atoms with Gasteiger partial charge in [0.15, 0.2) is 0 Å². The van der Waals surface area contributed by atoms with Crippen molar-refractivity contribution in [1.29, 1.82) is 0 Å². The Balaban J connectivity index is 1.37. The molecule has 59 heavy (non-hydrogen) atoms. The minimum absolute atomic E-state index is 0.151. The van der Waals surface area contributed by atoms with Crippen molar-refractivity contribution in [2.24, 2.45) is 17.8 Å². The van der Waals surface area contributed by atoms with Gasteiger partial charge in [0.2, 0.25) is 0 Å².